The molecule has 2 nitrogen and oxygen atoms in total. The summed E-state index contributed by atoms with van der Waals surface area (Å²) >= 11 is 2.06. The van der Waals surface area contributed by atoms with E-state index < -0.39 is 0 Å². The topological polar surface area (TPSA) is 38.0 Å². The van der Waals surface area contributed by atoms with Crippen molar-refractivity contribution in [2.24, 2.45) is 17.6 Å². The van der Waals surface area contributed by atoms with Crippen molar-refractivity contribution in [2.45, 2.75) is 38.1 Å². The minimum absolute atomic E-state index is 0.256. The molecule has 0 radical (unpaired) electrons. The molecule has 0 amide bonds. The molecule has 3 heteroatoms. The number of rotatable bonds is 5. The summed E-state index contributed by atoms with van der Waals surface area (Å²) in [6.07, 6.45) is 5.50. The van der Waals surface area contributed by atoms with Crippen LogP contribution in [-0.2, 0) is 0 Å². The smallest absolute Gasteiger partial charge is 0.0395 e. The van der Waals surface area contributed by atoms with E-state index in [9.17, 15) is 0 Å². The summed E-state index contributed by atoms with van der Waals surface area (Å²) in [4.78, 5) is 0. The molecule has 2 aliphatic rings. The van der Waals surface area contributed by atoms with Crippen LogP contribution < -0.4 is 11.1 Å². The first-order valence-corrected chi connectivity index (χ1v) is 7.44. The van der Waals surface area contributed by atoms with Crippen LogP contribution in [0.1, 0.15) is 32.6 Å². The van der Waals surface area contributed by atoms with Gasteiger partial charge < -0.3 is 11.1 Å². The van der Waals surface area contributed by atoms with Crippen molar-refractivity contribution < 1.29 is 0 Å². The van der Waals surface area contributed by atoms with Gasteiger partial charge in [0.1, 0.15) is 0 Å². The normalized spacial score (nSPS) is 34.0. The molecule has 2 fully saturated rings. The Hall–Kier alpha value is 0.270. The number of thioether (sulfide) groups is 1. The Bertz CT molecular complexity index is 198. The van der Waals surface area contributed by atoms with Crippen LogP contribution in [0.3, 0.4) is 0 Å². The molecule has 2 atom stereocenters. The predicted octanol–water partition coefficient (Wildman–Crippen LogP) is 1.85. The van der Waals surface area contributed by atoms with E-state index in [0.29, 0.717) is 0 Å². The minimum atomic E-state index is 0.256. The Labute approximate surface area is 97.8 Å². The fourth-order valence-corrected chi connectivity index (χ4v) is 3.68. The maximum absolute atomic E-state index is 5.94. The van der Waals surface area contributed by atoms with Crippen LogP contribution in [0.4, 0.5) is 0 Å². The van der Waals surface area contributed by atoms with Crippen LogP contribution in [0.15, 0.2) is 0 Å². The van der Waals surface area contributed by atoms with E-state index in [1.165, 1.54) is 43.7 Å². The SMILES string of the molecule is CC(CNC1(CN)CCCSC1)C1CC1. The molecule has 0 bridgehead atoms. The summed E-state index contributed by atoms with van der Waals surface area (Å²) in [6, 6.07) is 0. The lowest BCUT2D eigenvalue weighted by Gasteiger charge is -2.37. The highest BCUT2D eigenvalue weighted by Gasteiger charge is 2.33. The van der Waals surface area contributed by atoms with Crippen molar-refractivity contribution in [3.8, 4) is 0 Å². The summed E-state index contributed by atoms with van der Waals surface area (Å²) in [5.74, 6) is 4.38. The van der Waals surface area contributed by atoms with Gasteiger partial charge in [-0.25, -0.2) is 0 Å². The molecule has 15 heavy (non-hydrogen) atoms. The number of nitrogens with two attached hydrogens (primary N) is 1. The molecule has 2 unspecified atom stereocenters. The molecule has 0 aromatic heterocycles. The Morgan fingerprint density at radius 3 is 2.87 bits per heavy atom. The summed E-state index contributed by atoms with van der Waals surface area (Å²) in [7, 11) is 0. The van der Waals surface area contributed by atoms with Crippen molar-refractivity contribution >= 4 is 11.8 Å². The Kier molecular flexibility index (Phi) is 3.97. The Morgan fingerprint density at radius 1 is 1.53 bits per heavy atom. The molecule has 1 saturated heterocycles. The quantitative estimate of drug-likeness (QED) is 0.754. The highest BCUT2D eigenvalue weighted by molar-refractivity contribution is 7.99. The summed E-state index contributed by atoms with van der Waals surface area (Å²) in [6.45, 7) is 4.35. The number of hydrogen-bond acceptors (Lipinski definition) is 3. The highest BCUT2D eigenvalue weighted by atomic mass is 32.2. The fourth-order valence-electron chi connectivity index (χ4n) is 2.43. The Balaban J connectivity index is 1.78. The van der Waals surface area contributed by atoms with Gasteiger partial charge in [0.2, 0.25) is 0 Å². The van der Waals surface area contributed by atoms with Gasteiger partial charge in [-0.3, -0.25) is 0 Å². The van der Waals surface area contributed by atoms with Gasteiger partial charge >= 0.3 is 0 Å². The Morgan fingerprint density at radius 2 is 2.33 bits per heavy atom. The van der Waals surface area contributed by atoms with Crippen LogP contribution in [0.2, 0.25) is 0 Å². The monoisotopic (exact) mass is 228 g/mol. The van der Waals surface area contributed by atoms with E-state index in [4.69, 9.17) is 5.73 Å². The summed E-state index contributed by atoms with van der Waals surface area (Å²) in [5, 5.41) is 3.76. The molecule has 0 aromatic carbocycles. The van der Waals surface area contributed by atoms with Crippen molar-refractivity contribution in [1.82, 2.24) is 5.32 Å². The van der Waals surface area contributed by atoms with E-state index >= 15 is 0 Å². The molecule has 3 N–H and O–H groups in total. The molecular formula is C12H24N2S. The van der Waals surface area contributed by atoms with Gasteiger partial charge in [-0.2, -0.15) is 11.8 Å². The van der Waals surface area contributed by atoms with Crippen LogP contribution in [0, 0.1) is 11.8 Å². The molecular weight excluding hydrogens is 204 g/mol. The zero-order chi connectivity index (χ0) is 10.7. The third-order valence-corrected chi connectivity index (χ3v) is 5.27. The van der Waals surface area contributed by atoms with E-state index in [-0.39, 0.29) is 5.54 Å². The first kappa shape index (κ1) is 11.7. The van der Waals surface area contributed by atoms with Gasteiger partial charge in [-0.15, -0.1) is 0 Å². The van der Waals surface area contributed by atoms with Crippen molar-refractivity contribution in [2.75, 3.05) is 24.6 Å². The molecule has 0 aromatic rings. The van der Waals surface area contributed by atoms with Crippen molar-refractivity contribution in [3.63, 3.8) is 0 Å². The van der Waals surface area contributed by atoms with Gasteiger partial charge in [-0.05, 0) is 49.8 Å². The average Bonchev–Trinajstić information content (AvgIpc) is 3.11. The lowest BCUT2D eigenvalue weighted by atomic mass is 9.94. The number of nitrogens with one attached hydrogen (secondary N) is 1. The zero-order valence-corrected chi connectivity index (χ0v) is 10.6. The molecule has 2 rings (SSSR count). The summed E-state index contributed by atoms with van der Waals surface area (Å²) in [5.41, 5.74) is 6.20. The maximum Gasteiger partial charge on any atom is 0.0395 e. The first-order valence-electron chi connectivity index (χ1n) is 6.29. The lowest BCUT2D eigenvalue weighted by molar-refractivity contribution is 0.306. The average molecular weight is 228 g/mol. The largest absolute Gasteiger partial charge is 0.329 e. The van der Waals surface area contributed by atoms with Crippen molar-refractivity contribution in [3.05, 3.63) is 0 Å². The van der Waals surface area contributed by atoms with E-state index in [1.54, 1.807) is 0 Å². The second-order valence-corrected chi connectivity index (χ2v) is 6.44. The lowest BCUT2D eigenvalue weighted by Crippen LogP contribution is -2.55. The fraction of sp³-hybridized carbons (Fsp3) is 1.00. The van der Waals surface area contributed by atoms with E-state index in [2.05, 4.69) is 24.0 Å². The van der Waals surface area contributed by atoms with Gasteiger partial charge in [0.05, 0.1) is 0 Å². The minimum Gasteiger partial charge on any atom is -0.329 e. The predicted molar refractivity (Wildman–Crippen MR) is 68.2 cm³/mol. The molecule has 1 aliphatic carbocycles. The highest BCUT2D eigenvalue weighted by Crippen LogP contribution is 2.36. The van der Waals surface area contributed by atoms with Crippen molar-refractivity contribution in [1.29, 1.82) is 0 Å². The van der Waals surface area contributed by atoms with Gasteiger partial charge in [-0.1, -0.05) is 6.92 Å². The van der Waals surface area contributed by atoms with Crippen LogP contribution in [0.25, 0.3) is 0 Å². The molecule has 0 spiro atoms. The van der Waals surface area contributed by atoms with E-state index in [0.717, 1.165) is 18.4 Å². The summed E-state index contributed by atoms with van der Waals surface area (Å²) < 4.78 is 0. The van der Waals surface area contributed by atoms with Gasteiger partial charge in [0.25, 0.3) is 0 Å². The molecule has 1 heterocycles. The first-order chi connectivity index (χ1) is 7.26. The van der Waals surface area contributed by atoms with Gasteiger partial charge in [0.15, 0.2) is 0 Å². The van der Waals surface area contributed by atoms with Gasteiger partial charge in [0, 0.05) is 17.8 Å². The van der Waals surface area contributed by atoms with Crippen LogP contribution >= 0.6 is 11.8 Å². The van der Waals surface area contributed by atoms with Crippen LogP contribution in [-0.4, -0.2) is 30.1 Å². The molecule has 1 saturated carbocycles. The zero-order valence-electron chi connectivity index (χ0n) is 9.80. The molecule has 88 valence electrons. The van der Waals surface area contributed by atoms with E-state index in [1.807, 2.05) is 0 Å². The standard InChI is InChI=1S/C12H24N2S/c1-10(11-3-4-11)7-14-12(8-13)5-2-6-15-9-12/h10-11,14H,2-9,13H2,1H3. The number of hydrogen-bond donors (Lipinski definition) is 2. The third-order valence-electron chi connectivity index (χ3n) is 3.94. The maximum atomic E-state index is 5.94. The third kappa shape index (κ3) is 3.11. The molecule has 1 aliphatic heterocycles. The second-order valence-electron chi connectivity index (χ2n) is 5.34. The second kappa shape index (κ2) is 5.07. The van der Waals surface area contributed by atoms with Crippen LogP contribution in [0.5, 0.6) is 0 Å².